The largest absolute Gasteiger partial charge is 2.00 e. The summed E-state index contributed by atoms with van der Waals surface area (Å²) in [7, 11) is 0. The fourth-order valence-electron chi connectivity index (χ4n) is 4.84. The normalized spacial score (nSPS) is 11.2. The summed E-state index contributed by atoms with van der Waals surface area (Å²) in [5.74, 6) is 3.59. The van der Waals surface area contributed by atoms with E-state index in [0.717, 1.165) is 77.0 Å². The average Bonchev–Trinajstić information content (AvgIpc) is 3.13. The van der Waals surface area contributed by atoms with Crippen LogP contribution in [0.25, 0.3) is 0 Å². The average molecular weight is 783 g/mol. The smallest absolute Gasteiger partial charge is 0.723 e. The zero-order valence-electron chi connectivity index (χ0n) is 34.6. The molecule has 0 spiro atoms. The Morgan fingerprint density at radius 3 is 0.887 bits per heavy atom. The Morgan fingerprint density at radius 1 is 0.396 bits per heavy atom. The monoisotopic (exact) mass is 782 g/mol. The van der Waals surface area contributed by atoms with Crippen molar-refractivity contribution in [3.05, 3.63) is 35.4 Å². The van der Waals surface area contributed by atoms with Crippen molar-refractivity contribution in [2.75, 3.05) is 39.6 Å². The van der Waals surface area contributed by atoms with Crippen molar-refractivity contribution < 1.29 is 70.4 Å². The maximum absolute atomic E-state index is 11.3. The van der Waals surface area contributed by atoms with Gasteiger partial charge in [-0.15, -0.1) is 0 Å². The minimum atomic E-state index is -1.02. The Balaban J connectivity index is 0.00000100. The first kappa shape index (κ1) is 50.8. The van der Waals surface area contributed by atoms with E-state index in [9.17, 15) is 10.5 Å². The Bertz CT molecular complexity index is 1130. The van der Waals surface area contributed by atoms with E-state index in [1.807, 2.05) is 24.3 Å². The van der Waals surface area contributed by atoms with Gasteiger partial charge in [-0.25, -0.2) is 0 Å². The number of benzene rings is 2. The first-order valence-corrected chi connectivity index (χ1v) is 19.8. The summed E-state index contributed by atoms with van der Waals surface area (Å²) >= 11 is 0. The number of hydrogen-bond donors (Lipinski definition) is 0. The molecule has 0 aliphatic carbocycles. The number of rotatable bonds is 28. The molecule has 0 unspecified atom stereocenters. The van der Waals surface area contributed by atoms with Crippen molar-refractivity contribution in [2.45, 2.75) is 157 Å². The van der Waals surface area contributed by atoms with Crippen LogP contribution in [0.4, 0.5) is 0 Å². The fourth-order valence-corrected chi connectivity index (χ4v) is 4.84. The van der Waals surface area contributed by atoms with Crippen LogP contribution >= 0.6 is 0 Å². The molecule has 0 bridgehead atoms. The van der Waals surface area contributed by atoms with Gasteiger partial charge >= 0.3 is 21.7 Å². The summed E-state index contributed by atoms with van der Waals surface area (Å²) in [5.41, 5.74) is -0.686. The van der Waals surface area contributed by atoms with Gasteiger partial charge in [0.15, 0.2) is 23.0 Å². The second-order valence-electron chi connectivity index (χ2n) is 13.9. The quantitative estimate of drug-likeness (QED) is 0.0357. The van der Waals surface area contributed by atoms with Gasteiger partial charge in [0, 0.05) is 11.1 Å². The zero-order chi connectivity index (χ0) is 38.8. The van der Waals surface area contributed by atoms with Crippen LogP contribution < -0.4 is 38.9 Å². The van der Waals surface area contributed by atoms with Gasteiger partial charge < -0.3 is 48.7 Å². The van der Waals surface area contributed by atoms with E-state index in [4.69, 9.17) is 28.4 Å². The molecule has 0 N–H and O–H groups in total. The predicted octanol–water partition coefficient (Wildman–Crippen LogP) is 9.50. The Kier molecular flexibility index (Phi) is 27.9. The van der Waals surface area contributed by atoms with Crippen LogP contribution in [0.1, 0.15) is 157 Å². The van der Waals surface area contributed by atoms with E-state index in [1.165, 1.54) is 0 Å². The first-order chi connectivity index (χ1) is 25.0. The third-order valence-electron chi connectivity index (χ3n) is 8.35. The third-order valence-corrected chi connectivity index (χ3v) is 8.35. The van der Waals surface area contributed by atoms with Crippen LogP contribution in [0.2, 0.25) is 0 Å². The summed E-state index contributed by atoms with van der Waals surface area (Å²) in [6.45, 7) is 23.1. The van der Waals surface area contributed by atoms with E-state index in [-0.39, 0.29) is 21.7 Å². The van der Waals surface area contributed by atoms with Gasteiger partial charge in [0.05, 0.1) is 50.8 Å². The molecule has 11 heteroatoms. The maximum atomic E-state index is 11.3. The molecule has 0 aliphatic rings. The second kappa shape index (κ2) is 29.1. The molecular weight excluding hydrogens is 712 g/mol. The molecule has 2 rings (SSSR count). The van der Waals surface area contributed by atoms with Crippen molar-refractivity contribution in [3.8, 4) is 34.5 Å². The number of hydrogen-bond acceptors (Lipinski definition) is 10. The van der Waals surface area contributed by atoms with Crippen LogP contribution in [0.3, 0.4) is 0 Å². The Morgan fingerprint density at radius 2 is 0.642 bits per heavy atom. The van der Waals surface area contributed by atoms with Crippen LogP contribution in [0.15, 0.2) is 24.3 Å². The molecule has 0 saturated carbocycles. The van der Waals surface area contributed by atoms with E-state index in [1.54, 1.807) is 27.7 Å². The second-order valence-corrected chi connectivity index (χ2v) is 13.9. The van der Waals surface area contributed by atoms with Crippen LogP contribution in [0.5, 0.6) is 34.5 Å². The third kappa shape index (κ3) is 17.9. The van der Waals surface area contributed by atoms with Gasteiger partial charge in [0.25, 0.3) is 0 Å². The molecule has 0 heterocycles. The van der Waals surface area contributed by atoms with Gasteiger partial charge in [-0.2, -0.15) is 0 Å². The predicted molar refractivity (Wildman–Crippen MR) is 204 cm³/mol. The van der Waals surface area contributed by atoms with E-state index in [2.05, 4.69) is 51.3 Å². The van der Waals surface area contributed by atoms with Crippen molar-refractivity contribution in [2.24, 2.45) is 0 Å². The molecule has 10 nitrogen and oxygen atoms in total. The molecule has 0 radical (unpaired) electrons. The molecule has 0 saturated heterocycles. The Hall–Kier alpha value is -2.21. The summed E-state index contributed by atoms with van der Waals surface area (Å²) in [5, 5.41) is 22.5. The molecule has 302 valence electrons. The molecule has 2 aromatic rings. The van der Waals surface area contributed by atoms with Crippen molar-refractivity contribution in [3.63, 3.8) is 0 Å². The van der Waals surface area contributed by atoms with Gasteiger partial charge in [0.2, 0.25) is 11.5 Å². The summed E-state index contributed by atoms with van der Waals surface area (Å²) in [6.07, 6.45) is 11.9. The SMILES string of the molecule is CCCCOc1ccc(C(C)(C)O[O-])c(OCCCC)c1OCCCC.CCCCOc1ccc(C(C)(C)O[O-])c(OCCCC)c1OCCCC.[Ti+2]. The fraction of sp³-hybridized carbons (Fsp3) is 0.714. The van der Waals surface area contributed by atoms with Crippen molar-refractivity contribution in [1.82, 2.24) is 0 Å². The van der Waals surface area contributed by atoms with E-state index in [0.29, 0.717) is 85.3 Å². The molecule has 0 fully saturated rings. The Labute approximate surface area is 336 Å². The van der Waals surface area contributed by atoms with Gasteiger partial charge in [-0.05, 0) is 90.5 Å². The molecule has 53 heavy (non-hydrogen) atoms. The minimum absolute atomic E-state index is 0. The number of unbranched alkanes of at least 4 members (excludes halogenated alkanes) is 6. The van der Waals surface area contributed by atoms with Gasteiger partial charge in [-0.1, -0.05) is 80.1 Å². The zero-order valence-corrected chi connectivity index (χ0v) is 36.2. The van der Waals surface area contributed by atoms with Crippen molar-refractivity contribution >= 4 is 0 Å². The summed E-state index contributed by atoms with van der Waals surface area (Å²) in [4.78, 5) is 8.93. The maximum Gasteiger partial charge on any atom is 2.00 e. The molecule has 0 atom stereocenters. The molecule has 0 aliphatic heterocycles. The minimum Gasteiger partial charge on any atom is -0.723 e. The number of ether oxygens (including phenoxy) is 6. The van der Waals surface area contributed by atoms with Gasteiger partial charge in [0.1, 0.15) is 0 Å². The molecular formula is C42H70O10Ti. The molecule has 0 aromatic heterocycles. The first-order valence-electron chi connectivity index (χ1n) is 19.8. The standard InChI is InChI=1S/2C21H36O5.Ti/c2*1-6-9-14-23-18-13-12-17(21(4,5)26-22)19(24-15-10-7-2)20(18)25-16-11-8-3;/h2*12-13,22H,6-11,14-16H2,1-5H3;/q;;+2/p-2. The summed E-state index contributed by atoms with van der Waals surface area (Å²) < 4.78 is 36.1. The van der Waals surface area contributed by atoms with Gasteiger partial charge in [-0.3, -0.25) is 0 Å². The van der Waals surface area contributed by atoms with Crippen molar-refractivity contribution in [1.29, 1.82) is 0 Å². The van der Waals surface area contributed by atoms with E-state index >= 15 is 0 Å². The van der Waals surface area contributed by atoms with Crippen LogP contribution in [-0.4, -0.2) is 39.6 Å². The summed E-state index contributed by atoms with van der Waals surface area (Å²) in [6, 6.07) is 7.37. The topological polar surface area (TPSA) is 120 Å². The van der Waals surface area contributed by atoms with E-state index < -0.39 is 11.2 Å². The molecule has 2 aromatic carbocycles. The van der Waals surface area contributed by atoms with Crippen LogP contribution in [0, 0.1) is 0 Å². The van der Waals surface area contributed by atoms with Crippen LogP contribution in [-0.2, 0) is 42.7 Å². The molecule has 0 amide bonds.